The SMILES string of the molecule is CC(C)(C)OC(=O)N1CCCC[C@@]1(C)c1nnc([C@H]2COc3ccccc3O2)o1. The van der Waals surface area contributed by atoms with E-state index in [1.54, 1.807) is 4.90 Å². The van der Waals surface area contributed by atoms with Crippen molar-refractivity contribution in [2.24, 2.45) is 0 Å². The summed E-state index contributed by atoms with van der Waals surface area (Å²) >= 11 is 0. The molecule has 0 unspecified atom stereocenters. The van der Waals surface area contributed by atoms with Gasteiger partial charge in [0, 0.05) is 6.54 Å². The molecule has 2 aliphatic rings. The number of hydrogen-bond acceptors (Lipinski definition) is 7. The van der Waals surface area contributed by atoms with E-state index < -0.39 is 17.2 Å². The predicted molar refractivity (Wildman–Crippen MR) is 104 cm³/mol. The number of rotatable bonds is 2. The molecule has 1 aromatic carbocycles. The van der Waals surface area contributed by atoms with E-state index >= 15 is 0 Å². The van der Waals surface area contributed by atoms with Crippen molar-refractivity contribution in [3.8, 4) is 11.5 Å². The van der Waals surface area contributed by atoms with Crippen LogP contribution >= 0.6 is 0 Å². The van der Waals surface area contributed by atoms with E-state index in [0.29, 0.717) is 29.8 Å². The molecule has 0 spiro atoms. The number of amides is 1. The number of nitrogens with zero attached hydrogens (tertiary/aromatic N) is 3. The molecule has 3 heterocycles. The Morgan fingerprint density at radius 1 is 1.21 bits per heavy atom. The van der Waals surface area contributed by atoms with E-state index in [4.69, 9.17) is 18.6 Å². The van der Waals surface area contributed by atoms with Gasteiger partial charge in [0.15, 0.2) is 11.5 Å². The van der Waals surface area contributed by atoms with E-state index in [0.717, 1.165) is 19.3 Å². The van der Waals surface area contributed by atoms with Gasteiger partial charge in [-0.2, -0.15) is 0 Å². The first-order chi connectivity index (χ1) is 13.8. The zero-order valence-corrected chi connectivity index (χ0v) is 17.3. The molecule has 1 fully saturated rings. The highest BCUT2D eigenvalue weighted by Crippen LogP contribution is 2.40. The second-order valence-corrected chi connectivity index (χ2v) is 8.67. The third-order valence-electron chi connectivity index (χ3n) is 5.19. The zero-order valence-electron chi connectivity index (χ0n) is 17.3. The summed E-state index contributed by atoms with van der Waals surface area (Å²) in [4.78, 5) is 14.5. The van der Waals surface area contributed by atoms with Gasteiger partial charge in [0.25, 0.3) is 5.89 Å². The molecule has 1 saturated heterocycles. The van der Waals surface area contributed by atoms with Crippen molar-refractivity contribution in [1.29, 1.82) is 0 Å². The molecule has 29 heavy (non-hydrogen) atoms. The number of para-hydroxylation sites is 2. The van der Waals surface area contributed by atoms with Crippen molar-refractivity contribution in [2.45, 2.75) is 64.2 Å². The Bertz CT molecular complexity index is 890. The third kappa shape index (κ3) is 3.88. The van der Waals surface area contributed by atoms with E-state index in [9.17, 15) is 4.79 Å². The topological polar surface area (TPSA) is 86.9 Å². The molecule has 2 aliphatic heterocycles. The number of likely N-dealkylation sites (tertiary alicyclic amines) is 1. The van der Waals surface area contributed by atoms with Crippen molar-refractivity contribution < 1.29 is 23.4 Å². The molecule has 2 atom stereocenters. The summed E-state index contributed by atoms with van der Waals surface area (Å²) < 4.78 is 23.3. The molecule has 156 valence electrons. The molecule has 0 saturated carbocycles. The van der Waals surface area contributed by atoms with E-state index in [1.165, 1.54) is 0 Å². The van der Waals surface area contributed by atoms with Gasteiger partial charge in [-0.25, -0.2) is 4.79 Å². The van der Waals surface area contributed by atoms with Gasteiger partial charge < -0.3 is 18.6 Å². The fourth-order valence-corrected chi connectivity index (χ4v) is 3.68. The Balaban J connectivity index is 1.56. The maximum absolute atomic E-state index is 12.8. The fraction of sp³-hybridized carbons (Fsp3) is 0.571. The quantitative estimate of drug-likeness (QED) is 0.744. The summed E-state index contributed by atoms with van der Waals surface area (Å²) in [6, 6.07) is 7.46. The monoisotopic (exact) mass is 401 g/mol. The first-order valence-electron chi connectivity index (χ1n) is 9.99. The second kappa shape index (κ2) is 7.24. The fourth-order valence-electron chi connectivity index (χ4n) is 3.68. The highest BCUT2D eigenvalue weighted by atomic mass is 16.6. The normalized spacial score (nSPS) is 24.3. The summed E-state index contributed by atoms with van der Waals surface area (Å²) in [6.07, 6.45) is 1.73. The minimum absolute atomic E-state index is 0.283. The molecule has 1 aromatic heterocycles. The van der Waals surface area contributed by atoms with Crippen molar-refractivity contribution in [3.63, 3.8) is 0 Å². The molecule has 0 radical (unpaired) electrons. The van der Waals surface area contributed by atoms with Gasteiger partial charge in [-0.3, -0.25) is 4.90 Å². The minimum atomic E-state index is -0.723. The van der Waals surface area contributed by atoms with Gasteiger partial charge in [-0.05, 0) is 59.1 Å². The van der Waals surface area contributed by atoms with Gasteiger partial charge in [-0.1, -0.05) is 12.1 Å². The molecule has 0 bridgehead atoms. The number of ether oxygens (including phenoxy) is 3. The standard InChI is InChI=1S/C21H27N3O5/c1-20(2,3)29-19(25)24-12-8-7-11-21(24,4)18-23-22-17(28-18)16-13-26-14-9-5-6-10-15(14)27-16/h5-6,9-10,16H,7-8,11-13H2,1-4H3/t16-,21+/m1/s1. The number of carbonyl (C=O) groups excluding carboxylic acids is 1. The van der Waals surface area contributed by atoms with Gasteiger partial charge in [0.05, 0.1) is 0 Å². The molecule has 0 N–H and O–H groups in total. The molecule has 8 nitrogen and oxygen atoms in total. The van der Waals surface area contributed by atoms with Crippen LogP contribution in [0.5, 0.6) is 11.5 Å². The Hall–Kier alpha value is -2.77. The van der Waals surface area contributed by atoms with Crippen LogP contribution in [0.1, 0.15) is 64.8 Å². The first kappa shape index (κ1) is 19.5. The molecular formula is C21H27N3O5. The van der Waals surface area contributed by atoms with Crippen LogP contribution in [0, 0.1) is 0 Å². The van der Waals surface area contributed by atoms with Crippen molar-refractivity contribution >= 4 is 6.09 Å². The van der Waals surface area contributed by atoms with Crippen LogP contribution in [0.2, 0.25) is 0 Å². The second-order valence-electron chi connectivity index (χ2n) is 8.67. The summed E-state index contributed by atoms with van der Waals surface area (Å²) in [6.45, 7) is 8.38. The highest BCUT2D eigenvalue weighted by molar-refractivity contribution is 5.69. The predicted octanol–water partition coefficient (Wildman–Crippen LogP) is 4.22. The van der Waals surface area contributed by atoms with Crippen molar-refractivity contribution in [3.05, 3.63) is 36.0 Å². The lowest BCUT2D eigenvalue weighted by Crippen LogP contribution is -2.52. The van der Waals surface area contributed by atoms with Gasteiger partial charge in [0.1, 0.15) is 17.7 Å². The van der Waals surface area contributed by atoms with Gasteiger partial charge in [0.2, 0.25) is 12.0 Å². The van der Waals surface area contributed by atoms with Crippen molar-refractivity contribution in [1.82, 2.24) is 15.1 Å². The average molecular weight is 401 g/mol. The smallest absolute Gasteiger partial charge is 0.411 e. The highest BCUT2D eigenvalue weighted by Gasteiger charge is 2.45. The van der Waals surface area contributed by atoms with Gasteiger partial charge in [-0.15, -0.1) is 10.2 Å². The van der Waals surface area contributed by atoms with Crippen LogP contribution < -0.4 is 9.47 Å². The number of aromatic nitrogens is 2. The summed E-state index contributed by atoms with van der Waals surface area (Å²) in [5.74, 6) is 2.06. The summed E-state index contributed by atoms with van der Waals surface area (Å²) in [5.41, 5.74) is -1.30. The van der Waals surface area contributed by atoms with E-state index in [1.807, 2.05) is 52.0 Å². The molecule has 1 amide bonds. The molecule has 0 aliphatic carbocycles. The Kier molecular flexibility index (Phi) is 4.88. The van der Waals surface area contributed by atoms with Crippen LogP contribution in [0.15, 0.2) is 28.7 Å². The number of benzene rings is 1. The Labute approximate surface area is 170 Å². The minimum Gasteiger partial charge on any atom is -0.485 e. The number of fused-ring (bicyclic) bond motifs is 1. The largest absolute Gasteiger partial charge is 0.485 e. The first-order valence-corrected chi connectivity index (χ1v) is 9.99. The molecule has 4 rings (SSSR count). The Morgan fingerprint density at radius 3 is 2.72 bits per heavy atom. The summed E-state index contributed by atoms with van der Waals surface area (Å²) in [5, 5.41) is 8.47. The van der Waals surface area contributed by atoms with E-state index in [2.05, 4.69) is 10.2 Å². The van der Waals surface area contributed by atoms with Crippen LogP contribution in [-0.2, 0) is 10.3 Å². The number of carbonyl (C=O) groups is 1. The average Bonchev–Trinajstić information content (AvgIpc) is 3.17. The number of piperidine rings is 1. The zero-order chi connectivity index (χ0) is 20.6. The third-order valence-corrected chi connectivity index (χ3v) is 5.19. The molecule has 2 aromatic rings. The van der Waals surface area contributed by atoms with Crippen LogP contribution in [0.4, 0.5) is 4.79 Å². The summed E-state index contributed by atoms with van der Waals surface area (Å²) in [7, 11) is 0. The van der Waals surface area contributed by atoms with Gasteiger partial charge >= 0.3 is 6.09 Å². The molecular weight excluding hydrogens is 374 g/mol. The van der Waals surface area contributed by atoms with E-state index in [-0.39, 0.29) is 12.7 Å². The van der Waals surface area contributed by atoms with Crippen LogP contribution in [-0.4, -0.2) is 39.9 Å². The lowest BCUT2D eigenvalue weighted by atomic mass is 9.88. The van der Waals surface area contributed by atoms with Crippen LogP contribution in [0.3, 0.4) is 0 Å². The maximum Gasteiger partial charge on any atom is 0.411 e. The van der Waals surface area contributed by atoms with Crippen molar-refractivity contribution in [2.75, 3.05) is 13.2 Å². The lowest BCUT2D eigenvalue weighted by molar-refractivity contribution is -0.0211. The Morgan fingerprint density at radius 2 is 1.97 bits per heavy atom. The maximum atomic E-state index is 12.8. The van der Waals surface area contributed by atoms with Crippen LogP contribution in [0.25, 0.3) is 0 Å². The number of hydrogen-bond donors (Lipinski definition) is 0. The lowest BCUT2D eigenvalue weighted by Gasteiger charge is -2.42. The molecule has 8 heteroatoms.